The molecule has 0 heterocycles. The van der Waals surface area contributed by atoms with Crippen LogP contribution >= 0.6 is 0 Å². The van der Waals surface area contributed by atoms with Crippen molar-refractivity contribution in [1.29, 1.82) is 0 Å². The molecule has 3 saturated carbocycles. The van der Waals surface area contributed by atoms with Gasteiger partial charge in [0, 0.05) is 0 Å². The molecule has 0 aromatic carbocycles. The highest BCUT2D eigenvalue weighted by Crippen LogP contribution is 2.59. The van der Waals surface area contributed by atoms with Crippen LogP contribution in [0.5, 0.6) is 0 Å². The molecule has 120 valence electrons. The summed E-state index contributed by atoms with van der Waals surface area (Å²) in [7, 11) is 1.40. The molecule has 4 nitrogen and oxygen atoms in total. The fourth-order valence-corrected chi connectivity index (χ4v) is 4.53. The van der Waals surface area contributed by atoms with Gasteiger partial charge in [-0.15, -0.1) is 0 Å². The molecule has 4 atom stereocenters. The summed E-state index contributed by atoms with van der Waals surface area (Å²) in [5.74, 6) is 2.67. The molecule has 3 rings (SSSR count). The van der Waals surface area contributed by atoms with Crippen molar-refractivity contribution < 1.29 is 19.4 Å². The van der Waals surface area contributed by atoms with Crippen LogP contribution in [-0.2, 0) is 14.3 Å². The zero-order valence-electron chi connectivity index (χ0n) is 13.6. The Balaban J connectivity index is 0.000000177. The number of esters is 1. The highest BCUT2D eigenvalue weighted by Gasteiger charge is 2.53. The SMILES string of the molecule is COC(=O)C(C)(C)C.O=C(O)C1CC2C3CCC(C3)C2C1. The van der Waals surface area contributed by atoms with E-state index in [1.54, 1.807) is 0 Å². The first-order valence-corrected chi connectivity index (χ1v) is 8.05. The van der Waals surface area contributed by atoms with Crippen molar-refractivity contribution in [1.82, 2.24) is 0 Å². The van der Waals surface area contributed by atoms with Crippen molar-refractivity contribution in [3.63, 3.8) is 0 Å². The quantitative estimate of drug-likeness (QED) is 0.754. The molecule has 0 saturated heterocycles. The van der Waals surface area contributed by atoms with Gasteiger partial charge in [0.05, 0.1) is 18.4 Å². The van der Waals surface area contributed by atoms with Crippen LogP contribution < -0.4 is 0 Å². The van der Waals surface area contributed by atoms with Crippen LogP contribution in [-0.4, -0.2) is 24.2 Å². The van der Waals surface area contributed by atoms with Gasteiger partial charge in [0.15, 0.2) is 0 Å². The summed E-state index contributed by atoms with van der Waals surface area (Å²) in [6, 6.07) is 0. The first-order chi connectivity index (χ1) is 9.74. The Morgan fingerprint density at radius 3 is 1.76 bits per heavy atom. The maximum absolute atomic E-state index is 10.9. The number of aliphatic carboxylic acids is 1. The summed E-state index contributed by atoms with van der Waals surface area (Å²) < 4.78 is 4.48. The molecule has 0 aliphatic heterocycles. The van der Waals surface area contributed by atoms with E-state index in [1.807, 2.05) is 20.8 Å². The summed E-state index contributed by atoms with van der Waals surface area (Å²) in [6.07, 6.45) is 6.17. The van der Waals surface area contributed by atoms with Crippen LogP contribution in [0.2, 0.25) is 0 Å². The Labute approximate surface area is 127 Å². The predicted octanol–water partition coefficient (Wildman–Crippen LogP) is 3.35. The highest BCUT2D eigenvalue weighted by atomic mass is 16.5. The number of hydrogen-bond acceptors (Lipinski definition) is 3. The molecule has 1 N–H and O–H groups in total. The van der Waals surface area contributed by atoms with Crippen molar-refractivity contribution in [2.75, 3.05) is 7.11 Å². The molecule has 3 fully saturated rings. The molecule has 2 bridgehead atoms. The van der Waals surface area contributed by atoms with Gasteiger partial charge >= 0.3 is 11.9 Å². The number of carboxylic acids is 1. The summed E-state index contributed by atoms with van der Waals surface area (Å²) >= 11 is 0. The lowest BCUT2D eigenvalue weighted by Gasteiger charge is -2.23. The third-order valence-corrected chi connectivity index (χ3v) is 5.54. The second kappa shape index (κ2) is 5.98. The molecule has 0 spiro atoms. The van der Waals surface area contributed by atoms with Crippen LogP contribution in [0.25, 0.3) is 0 Å². The first-order valence-electron chi connectivity index (χ1n) is 8.05. The third kappa shape index (κ3) is 3.41. The molecule has 4 heteroatoms. The van der Waals surface area contributed by atoms with Crippen LogP contribution in [0.3, 0.4) is 0 Å². The standard InChI is InChI=1S/C11H16O2.C6H12O2/c12-11(13)8-4-9-6-1-2-7(3-6)10(9)5-8;1-6(2,3)5(7)8-4/h6-10H,1-5H2,(H,12,13);1-4H3. The number of carbonyl (C=O) groups excluding carboxylic acids is 1. The lowest BCUT2D eigenvalue weighted by Crippen LogP contribution is -2.21. The monoisotopic (exact) mass is 296 g/mol. The fourth-order valence-electron chi connectivity index (χ4n) is 4.53. The Kier molecular flexibility index (Phi) is 4.64. The zero-order valence-corrected chi connectivity index (χ0v) is 13.6. The molecule has 0 radical (unpaired) electrons. The number of hydrogen-bond donors (Lipinski definition) is 1. The molecule has 4 unspecified atom stereocenters. The smallest absolute Gasteiger partial charge is 0.310 e. The summed E-state index contributed by atoms with van der Waals surface area (Å²) in [4.78, 5) is 21.5. The number of carbonyl (C=O) groups is 2. The Morgan fingerprint density at radius 2 is 1.48 bits per heavy atom. The van der Waals surface area contributed by atoms with E-state index in [4.69, 9.17) is 5.11 Å². The number of carboxylic acid groups (broad SMARTS) is 1. The average molecular weight is 296 g/mol. The van der Waals surface area contributed by atoms with E-state index < -0.39 is 5.97 Å². The minimum Gasteiger partial charge on any atom is -0.481 e. The summed E-state index contributed by atoms with van der Waals surface area (Å²) in [6.45, 7) is 5.45. The maximum atomic E-state index is 10.9. The van der Waals surface area contributed by atoms with Gasteiger partial charge in [-0.25, -0.2) is 0 Å². The average Bonchev–Trinajstić information content (AvgIpc) is 3.08. The molecular formula is C17H28O4. The summed E-state index contributed by atoms with van der Waals surface area (Å²) in [5.41, 5.74) is -0.352. The van der Waals surface area contributed by atoms with Gasteiger partial charge in [0.25, 0.3) is 0 Å². The third-order valence-electron chi connectivity index (χ3n) is 5.54. The van der Waals surface area contributed by atoms with E-state index in [2.05, 4.69) is 4.74 Å². The number of ether oxygens (including phenoxy) is 1. The zero-order chi connectivity index (χ0) is 15.8. The number of fused-ring (bicyclic) bond motifs is 5. The largest absolute Gasteiger partial charge is 0.481 e. The van der Waals surface area contributed by atoms with Crippen molar-refractivity contribution in [3.05, 3.63) is 0 Å². The van der Waals surface area contributed by atoms with Crippen molar-refractivity contribution in [2.24, 2.45) is 35.0 Å². The number of rotatable bonds is 1. The van der Waals surface area contributed by atoms with Crippen LogP contribution in [0, 0.1) is 35.0 Å². The normalized spacial score (nSPS) is 36.7. The van der Waals surface area contributed by atoms with Crippen LogP contribution in [0.15, 0.2) is 0 Å². The van der Waals surface area contributed by atoms with E-state index >= 15 is 0 Å². The highest BCUT2D eigenvalue weighted by molar-refractivity contribution is 5.75. The fraction of sp³-hybridized carbons (Fsp3) is 0.882. The van der Waals surface area contributed by atoms with Gasteiger partial charge in [-0.1, -0.05) is 0 Å². The first kappa shape index (κ1) is 16.3. The van der Waals surface area contributed by atoms with Gasteiger partial charge < -0.3 is 9.84 Å². The van der Waals surface area contributed by atoms with Crippen molar-refractivity contribution in [2.45, 2.75) is 52.9 Å². The maximum Gasteiger partial charge on any atom is 0.310 e. The molecule has 0 amide bonds. The van der Waals surface area contributed by atoms with E-state index in [9.17, 15) is 9.59 Å². The van der Waals surface area contributed by atoms with Gasteiger partial charge in [-0.3, -0.25) is 9.59 Å². The van der Waals surface area contributed by atoms with Crippen molar-refractivity contribution >= 4 is 11.9 Å². The second-order valence-electron chi connectivity index (χ2n) is 7.91. The molecule has 0 aromatic rings. The Morgan fingerprint density at radius 1 is 1.00 bits per heavy atom. The van der Waals surface area contributed by atoms with Gasteiger partial charge in [-0.05, 0) is 76.5 Å². The molecular weight excluding hydrogens is 268 g/mol. The Bertz CT molecular complexity index is 392. The van der Waals surface area contributed by atoms with E-state index in [-0.39, 0.29) is 17.3 Å². The molecule has 0 aromatic heterocycles. The minimum absolute atomic E-state index is 0.00148. The van der Waals surface area contributed by atoms with Gasteiger partial charge in [0.1, 0.15) is 0 Å². The van der Waals surface area contributed by atoms with Gasteiger partial charge in [0.2, 0.25) is 0 Å². The number of methoxy groups -OCH3 is 1. The van der Waals surface area contributed by atoms with Gasteiger partial charge in [-0.2, -0.15) is 0 Å². The molecule has 3 aliphatic carbocycles. The Hall–Kier alpha value is -1.06. The molecule has 21 heavy (non-hydrogen) atoms. The van der Waals surface area contributed by atoms with E-state index in [1.165, 1.54) is 26.4 Å². The topological polar surface area (TPSA) is 63.6 Å². The van der Waals surface area contributed by atoms with E-state index in [0.29, 0.717) is 0 Å². The lowest BCUT2D eigenvalue weighted by atomic mass is 9.82. The summed E-state index contributed by atoms with van der Waals surface area (Å²) in [5, 5.41) is 8.96. The molecule has 3 aliphatic rings. The van der Waals surface area contributed by atoms with E-state index in [0.717, 1.165) is 36.5 Å². The van der Waals surface area contributed by atoms with Crippen LogP contribution in [0.1, 0.15) is 52.9 Å². The second-order valence-corrected chi connectivity index (χ2v) is 7.91. The van der Waals surface area contributed by atoms with Crippen LogP contribution in [0.4, 0.5) is 0 Å². The minimum atomic E-state index is -0.547. The van der Waals surface area contributed by atoms with Crippen molar-refractivity contribution in [3.8, 4) is 0 Å². The predicted molar refractivity (Wildman–Crippen MR) is 79.6 cm³/mol. The lowest BCUT2D eigenvalue weighted by molar-refractivity contribution is -0.149.